The van der Waals surface area contributed by atoms with Gasteiger partial charge in [-0.25, -0.2) is 0 Å². The number of hydrogen-bond acceptors (Lipinski definition) is 2. The Morgan fingerprint density at radius 3 is 3.00 bits per heavy atom. The van der Waals surface area contributed by atoms with E-state index in [0.717, 1.165) is 17.9 Å². The molecular weight excluding hydrogens is 198 g/mol. The van der Waals surface area contributed by atoms with Gasteiger partial charge in [-0.05, 0) is 25.3 Å². The summed E-state index contributed by atoms with van der Waals surface area (Å²) in [5.41, 5.74) is 2.34. The Labute approximate surface area is 97.0 Å². The second-order valence-electron chi connectivity index (χ2n) is 4.21. The van der Waals surface area contributed by atoms with Gasteiger partial charge in [0.15, 0.2) is 0 Å². The number of terminal acetylenes is 1. The topological polar surface area (TPSA) is 21.3 Å². The predicted molar refractivity (Wildman–Crippen MR) is 65.4 cm³/mol. The smallest absolute Gasteiger partial charge is 0.148 e. The van der Waals surface area contributed by atoms with Gasteiger partial charge in [0.25, 0.3) is 0 Å². The van der Waals surface area contributed by atoms with Crippen LogP contribution in [0.4, 0.5) is 0 Å². The molecule has 0 aliphatic heterocycles. The SMILES string of the molecule is C#CCOc1c(C)cccc1CNC1CC1. The number of nitrogens with one attached hydrogen (secondary N) is 1. The van der Waals surface area contributed by atoms with E-state index >= 15 is 0 Å². The van der Waals surface area contributed by atoms with Crippen molar-refractivity contribution in [3.8, 4) is 18.1 Å². The van der Waals surface area contributed by atoms with Gasteiger partial charge in [-0.2, -0.15) is 0 Å². The maximum absolute atomic E-state index is 5.59. The fraction of sp³-hybridized carbons (Fsp3) is 0.429. The Bertz CT molecular complexity index is 402. The molecule has 0 saturated heterocycles. The van der Waals surface area contributed by atoms with Crippen molar-refractivity contribution < 1.29 is 4.74 Å². The highest BCUT2D eigenvalue weighted by Gasteiger charge is 2.20. The van der Waals surface area contributed by atoms with Crippen LogP contribution in [0.15, 0.2) is 18.2 Å². The average molecular weight is 215 g/mol. The first-order valence-corrected chi connectivity index (χ1v) is 5.69. The molecule has 0 atom stereocenters. The van der Waals surface area contributed by atoms with Gasteiger partial charge in [0.2, 0.25) is 0 Å². The summed E-state index contributed by atoms with van der Waals surface area (Å²) < 4.78 is 5.59. The third-order valence-electron chi connectivity index (χ3n) is 2.75. The number of para-hydroxylation sites is 1. The summed E-state index contributed by atoms with van der Waals surface area (Å²) >= 11 is 0. The Morgan fingerprint density at radius 2 is 2.31 bits per heavy atom. The fourth-order valence-corrected chi connectivity index (χ4v) is 1.71. The minimum absolute atomic E-state index is 0.335. The Balaban J connectivity index is 2.07. The van der Waals surface area contributed by atoms with Gasteiger partial charge in [0.1, 0.15) is 12.4 Å². The predicted octanol–water partition coefficient (Wildman–Crippen LogP) is 2.26. The van der Waals surface area contributed by atoms with Crippen molar-refractivity contribution in [3.63, 3.8) is 0 Å². The lowest BCUT2D eigenvalue weighted by atomic mass is 10.1. The van der Waals surface area contributed by atoms with E-state index in [1.807, 2.05) is 13.0 Å². The van der Waals surface area contributed by atoms with E-state index in [4.69, 9.17) is 11.2 Å². The molecular formula is C14H17NO. The van der Waals surface area contributed by atoms with E-state index in [-0.39, 0.29) is 0 Å². The number of rotatable bonds is 5. The summed E-state index contributed by atoms with van der Waals surface area (Å²) in [5, 5.41) is 3.49. The highest BCUT2D eigenvalue weighted by molar-refractivity contribution is 5.41. The zero-order valence-corrected chi connectivity index (χ0v) is 9.62. The molecule has 1 aromatic rings. The van der Waals surface area contributed by atoms with Crippen LogP contribution >= 0.6 is 0 Å². The first-order valence-electron chi connectivity index (χ1n) is 5.69. The van der Waals surface area contributed by atoms with Crippen LogP contribution in [-0.2, 0) is 6.54 Å². The third-order valence-corrected chi connectivity index (χ3v) is 2.75. The second kappa shape index (κ2) is 5.05. The molecule has 1 aromatic carbocycles. The van der Waals surface area contributed by atoms with E-state index in [1.54, 1.807) is 0 Å². The summed E-state index contributed by atoms with van der Waals surface area (Å²) in [7, 11) is 0. The van der Waals surface area contributed by atoms with E-state index in [0.29, 0.717) is 12.6 Å². The minimum Gasteiger partial charge on any atom is -0.480 e. The summed E-state index contributed by atoms with van der Waals surface area (Å²) in [4.78, 5) is 0. The highest BCUT2D eigenvalue weighted by atomic mass is 16.5. The van der Waals surface area contributed by atoms with Gasteiger partial charge < -0.3 is 10.1 Å². The Morgan fingerprint density at radius 1 is 1.50 bits per heavy atom. The molecule has 0 amide bonds. The van der Waals surface area contributed by atoms with Crippen LogP contribution in [-0.4, -0.2) is 12.6 Å². The molecule has 0 bridgehead atoms. The molecule has 1 N–H and O–H groups in total. The minimum atomic E-state index is 0.335. The van der Waals surface area contributed by atoms with Gasteiger partial charge in [-0.15, -0.1) is 6.42 Å². The maximum Gasteiger partial charge on any atom is 0.148 e. The molecule has 0 unspecified atom stereocenters. The molecule has 16 heavy (non-hydrogen) atoms. The van der Waals surface area contributed by atoms with Crippen LogP contribution < -0.4 is 10.1 Å². The van der Waals surface area contributed by atoms with Gasteiger partial charge in [-0.3, -0.25) is 0 Å². The summed E-state index contributed by atoms with van der Waals surface area (Å²) in [5.74, 6) is 3.44. The van der Waals surface area contributed by atoms with E-state index in [9.17, 15) is 0 Å². The van der Waals surface area contributed by atoms with Crippen molar-refractivity contribution in [2.45, 2.75) is 32.4 Å². The van der Waals surface area contributed by atoms with Crippen molar-refractivity contribution in [1.29, 1.82) is 0 Å². The lowest BCUT2D eigenvalue weighted by Crippen LogP contribution is -2.16. The number of benzene rings is 1. The van der Waals surface area contributed by atoms with Crippen molar-refractivity contribution in [2.75, 3.05) is 6.61 Å². The van der Waals surface area contributed by atoms with E-state index in [1.165, 1.54) is 18.4 Å². The second-order valence-corrected chi connectivity index (χ2v) is 4.21. The normalized spacial score (nSPS) is 14.5. The zero-order valence-electron chi connectivity index (χ0n) is 9.62. The molecule has 0 radical (unpaired) electrons. The number of ether oxygens (including phenoxy) is 1. The van der Waals surface area contributed by atoms with Crippen LogP contribution in [0.2, 0.25) is 0 Å². The number of aryl methyl sites for hydroxylation is 1. The summed E-state index contributed by atoms with van der Waals surface area (Å²) in [6.07, 6.45) is 7.81. The molecule has 1 fully saturated rings. The van der Waals surface area contributed by atoms with E-state index in [2.05, 4.69) is 23.4 Å². The molecule has 0 spiro atoms. The summed E-state index contributed by atoms with van der Waals surface area (Å²) in [6, 6.07) is 6.91. The quantitative estimate of drug-likeness (QED) is 0.761. The van der Waals surface area contributed by atoms with Crippen molar-refractivity contribution in [2.24, 2.45) is 0 Å². The Hall–Kier alpha value is -1.46. The van der Waals surface area contributed by atoms with Crippen molar-refractivity contribution in [3.05, 3.63) is 29.3 Å². The number of hydrogen-bond donors (Lipinski definition) is 1. The zero-order chi connectivity index (χ0) is 11.4. The standard InChI is InChI=1S/C14H17NO/c1-3-9-16-14-11(2)5-4-6-12(14)10-15-13-7-8-13/h1,4-6,13,15H,7-10H2,2H3. The molecule has 2 nitrogen and oxygen atoms in total. The maximum atomic E-state index is 5.59. The molecule has 0 aromatic heterocycles. The van der Waals surface area contributed by atoms with Gasteiger partial charge in [0.05, 0.1) is 0 Å². The van der Waals surface area contributed by atoms with Crippen LogP contribution in [0.3, 0.4) is 0 Å². The van der Waals surface area contributed by atoms with Crippen LogP contribution in [0, 0.1) is 19.3 Å². The molecule has 2 heteroatoms. The summed E-state index contributed by atoms with van der Waals surface area (Å²) in [6.45, 7) is 3.25. The van der Waals surface area contributed by atoms with Gasteiger partial charge in [0, 0.05) is 18.2 Å². The lowest BCUT2D eigenvalue weighted by Gasteiger charge is -2.12. The van der Waals surface area contributed by atoms with Crippen LogP contribution in [0.5, 0.6) is 5.75 Å². The third kappa shape index (κ3) is 2.77. The first kappa shape index (κ1) is 11.0. The molecule has 2 rings (SSSR count). The molecule has 1 aliphatic carbocycles. The van der Waals surface area contributed by atoms with Crippen molar-refractivity contribution in [1.82, 2.24) is 5.32 Å². The molecule has 1 saturated carbocycles. The molecule has 84 valence electrons. The van der Waals surface area contributed by atoms with Gasteiger partial charge >= 0.3 is 0 Å². The largest absolute Gasteiger partial charge is 0.480 e. The molecule has 1 aliphatic rings. The van der Waals surface area contributed by atoms with Crippen LogP contribution in [0.1, 0.15) is 24.0 Å². The van der Waals surface area contributed by atoms with Gasteiger partial charge in [-0.1, -0.05) is 24.1 Å². The average Bonchev–Trinajstić information content (AvgIpc) is 3.09. The monoisotopic (exact) mass is 215 g/mol. The molecule has 0 heterocycles. The fourth-order valence-electron chi connectivity index (χ4n) is 1.71. The Kier molecular flexibility index (Phi) is 3.48. The highest BCUT2D eigenvalue weighted by Crippen LogP contribution is 2.25. The lowest BCUT2D eigenvalue weighted by molar-refractivity contribution is 0.362. The first-order chi connectivity index (χ1) is 7.81. The van der Waals surface area contributed by atoms with E-state index < -0.39 is 0 Å². The van der Waals surface area contributed by atoms with Crippen LogP contribution in [0.25, 0.3) is 0 Å². The van der Waals surface area contributed by atoms with Crippen molar-refractivity contribution >= 4 is 0 Å².